The number of hydrogen-bond donors (Lipinski definition) is 0. The highest BCUT2D eigenvalue weighted by molar-refractivity contribution is 6.01. The molecule has 1 atom stereocenters. The van der Waals surface area contributed by atoms with Crippen molar-refractivity contribution in [2.75, 3.05) is 0 Å². The van der Waals surface area contributed by atoms with Gasteiger partial charge in [0.05, 0.1) is 0 Å². The van der Waals surface area contributed by atoms with E-state index in [0.29, 0.717) is 17.6 Å². The molecule has 0 fully saturated rings. The van der Waals surface area contributed by atoms with E-state index in [0.717, 1.165) is 18.4 Å². The molecule has 0 bridgehead atoms. The van der Waals surface area contributed by atoms with Gasteiger partial charge in [0.25, 0.3) is 0 Å². The van der Waals surface area contributed by atoms with Crippen molar-refractivity contribution in [1.29, 1.82) is 0 Å². The number of carbonyl (C=O) groups is 1. The van der Waals surface area contributed by atoms with Gasteiger partial charge in [0.15, 0.2) is 5.78 Å². The Kier molecular flexibility index (Phi) is 2.40. The van der Waals surface area contributed by atoms with E-state index in [9.17, 15) is 4.79 Å². The van der Waals surface area contributed by atoms with E-state index in [4.69, 9.17) is 0 Å². The molecule has 74 valence electrons. The van der Waals surface area contributed by atoms with E-state index in [-0.39, 0.29) is 0 Å². The van der Waals surface area contributed by atoms with Gasteiger partial charge in [0.2, 0.25) is 0 Å². The summed E-state index contributed by atoms with van der Waals surface area (Å²) in [5.74, 6) is 1.46. The Bertz CT molecular complexity index is 352. The maximum atomic E-state index is 11.7. The first-order valence-electron chi connectivity index (χ1n) is 5.30. The first-order valence-corrected chi connectivity index (χ1v) is 5.30. The van der Waals surface area contributed by atoms with Crippen molar-refractivity contribution in [1.82, 2.24) is 0 Å². The van der Waals surface area contributed by atoms with Gasteiger partial charge in [-0.15, -0.1) is 0 Å². The maximum absolute atomic E-state index is 11.7. The van der Waals surface area contributed by atoms with Crippen LogP contribution in [0.1, 0.15) is 48.5 Å². The normalized spacial score (nSPS) is 20.2. The fourth-order valence-corrected chi connectivity index (χ4v) is 2.33. The SMILES string of the molecule is CC(C)CC1CC(=O)c2ccccc21. The van der Waals surface area contributed by atoms with Gasteiger partial charge in [-0.1, -0.05) is 38.1 Å². The van der Waals surface area contributed by atoms with Gasteiger partial charge in [-0.05, 0) is 23.8 Å². The van der Waals surface area contributed by atoms with Crippen LogP contribution in [0, 0.1) is 5.92 Å². The van der Waals surface area contributed by atoms with Crippen molar-refractivity contribution in [2.24, 2.45) is 5.92 Å². The molecule has 0 radical (unpaired) electrons. The summed E-state index contributed by atoms with van der Waals surface area (Å²) >= 11 is 0. The van der Waals surface area contributed by atoms with E-state index < -0.39 is 0 Å². The molecular formula is C13H16O. The van der Waals surface area contributed by atoms with Gasteiger partial charge in [0.1, 0.15) is 0 Å². The van der Waals surface area contributed by atoms with E-state index in [1.165, 1.54) is 5.56 Å². The Morgan fingerprint density at radius 2 is 2.07 bits per heavy atom. The highest BCUT2D eigenvalue weighted by Gasteiger charge is 2.28. The van der Waals surface area contributed by atoms with Crippen LogP contribution in [0.2, 0.25) is 0 Å². The summed E-state index contributed by atoms with van der Waals surface area (Å²) in [5.41, 5.74) is 2.23. The first kappa shape index (κ1) is 9.45. The smallest absolute Gasteiger partial charge is 0.163 e. The topological polar surface area (TPSA) is 17.1 Å². The summed E-state index contributed by atoms with van der Waals surface area (Å²) in [7, 11) is 0. The van der Waals surface area contributed by atoms with Gasteiger partial charge in [-0.2, -0.15) is 0 Å². The van der Waals surface area contributed by atoms with Gasteiger partial charge >= 0.3 is 0 Å². The Morgan fingerprint density at radius 1 is 1.36 bits per heavy atom. The van der Waals surface area contributed by atoms with Crippen LogP contribution in [0.3, 0.4) is 0 Å². The summed E-state index contributed by atoms with van der Waals surface area (Å²) in [6, 6.07) is 8.05. The van der Waals surface area contributed by atoms with Gasteiger partial charge in [-0.3, -0.25) is 4.79 Å². The van der Waals surface area contributed by atoms with Crippen molar-refractivity contribution in [3.8, 4) is 0 Å². The summed E-state index contributed by atoms with van der Waals surface area (Å²) in [6.45, 7) is 4.43. The van der Waals surface area contributed by atoms with Crippen LogP contribution in [0.4, 0.5) is 0 Å². The van der Waals surface area contributed by atoms with Crippen molar-refractivity contribution in [3.63, 3.8) is 0 Å². The summed E-state index contributed by atoms with van der Waals surface area (Å²) < 4.78 is 0. The average molecular weight is 188 g/mol. The average Bonchev–Trinajstić information content (AvgIpc) is 2.44. The zero-order chi connectivity index (χ0) is 10.1. The molecule has 1 nitrogen and oxygen atoms in total. The molecule has 1 aromatic carbocycles. The summed E-state index contributed by atoms with van der Waals surface area (Å²) in [6.07, 6.45) is 1.85. The monoisotopic (exact) mass is 188 g/mol. The predicted octanol–water partition coefficient (Wildman–Crippen LogP) is 3.40. The fraction of sp³-hybridized carbons (Fsp3) is 0.462. The van der Waals surface area contributed by atoms with Crippen molar-refractivity contribution in [2.45, 2.75) is 32.6 Å². The highest BCUT2D eigenvalue weighted by Crippen LogP contribution is 2.36. The molecule has 0 saturated carbocycles. The Labute approximate surface area is 85.1 Å². The summed E-state index contributed by atoms with van der Waals surface area (Å²) in [4.78, 5) is 11.7. The second kappa shape index (κ2) is 3.56. The number of Topliss-reactive ketones (excluding diaryl/α,β-unsaturated/α-hetero) is 1. The standard InChI is InChI=1S/C13H16O/c1-9(2)7-10-8-13(14)12-6-4-3-5-11(10)12/h3-6,9-10H,7-8H2,1-2H3. The van der Waals surface area contributed by atoms with Gasteiger partial charge in [-0.25, -0.2) is 0 Å². The molecule has 0 aromatic heterocycles. The van der Waals surface area contributed by atoms with Crippen LogP contribution in [-0.2, 0) is 0 Å². The lowest BCUT2D eigenvalue weighted by Crippen LogP contribution is -1.99. The molecular weight excluding hydrogens is 172 g/mol. The Balaban J connectivity index is 2.30. The third-order valence-corrected chi connectivity index (χ3v) is 2.89. The van der Waals surface area contributed by atoms with Crippen LogP contribution >= 0.6 is 0 Å². The largest absolute Gasteiger partial charge is 0.294 e. The van der Waals surface area contributed by atoms with E-state index in [1.54, 1.807) is 0 Å². The minimum Gasteiger partial charge on any atom is -0.294 e. The lowest BCUT2D eigenvalue weighted by atomic mass is 9.92. The zero-order valence-electron chi connectivity index (χ0n) is 8.79. The van der Waals surface area contributed by atoms with Crippen molar-refractivity contribution >= 4 is 5.78 Å². The number of benzene rings is 1. The molecule has 0 aliphatic heterocycles. The van der Waals surface area contributed by atoms with Gasteiger partial charge in [0, 0.05) is 12.0 Å². The molecule has 1 aliphatic carbocycles. The van der Waals surface area contributed by atoms with Crippen LogP contribution in [0.15, 0.2) is 24.3 Å². The van der Waals surface area contributed by atoms with Crippen LogP contribution < -0.4 is 0 Å². The lowest BCUT2D eigenvalue weighted by molar-refractivity contribution is 0.0987. The predicted molar refractivity (Wildman–Crippen MR) is 57.6 cm³/mol. The molecule has 1 unspecified atom stereocenters. The van der Waals surface area contributed by atoms with Gasteiger partial charge < -0.3 is 0 Å². The molecule has 0 amide bonds. The number of carbonyl (C=O) groups excluding carboxylic acids is 1. The third kappa shape index (κ3) is 1.59. The quantitative estimate of drug-likeness (QED) is 0.695. The minimum atomic E-state index is 0.325. The molecule has 0 saturated heterocycles. The van der Waals surface area contributed by atoms with Crippen LogP contribution in [0.25, 0.3) is 0 Å². The second-order valence-corrected chi connectivity index (χ2v) is 4.54. The fourth-order valence-electron chi connectivity index (χ4n) is 2.33. The molecule has 1 heteroatoms. The number of hydrogen-bond acceptors (Lipinski definition) is 1. The van der Waals surface area contributed by atoms with E-state index >= 15 is 0 Å². The zero-order valence-corrected chi connectivity index (χ0v) is 8.79. The second-order valence-electron chi connectivity index (χ2n) is 4.54. The molecule has 0 N–H and O–H groups in total. The van der Waals surface area contributed by atoms with Crippen molar-refractivity contribution in [3.05, 3.63) is 35.4 Å². The van der Waals surface area contributed by atoms with E-state index in [2.05, 4.69) is 19.9 Å². The molecule has 14 heavy (non-hydrogen) atoms. The molecule has 0 heterocycles. The number of rotatable bonds is 2. The Hall–Kier alpha value is -1.11. The maximum Gasteiger partial charge on any atom is 0.163 e. The van der Waals surface area contributed by atoms with Crippen molar-refractivity contribution < 1.29 is 4.79 Å². The lowest BCUT2D eigenvalue weighted by Gasteiger charge is -2.12. The van der Waals surface area contributed by atoms with Crippen LogP contribution in [-0.4, -0.2) is 5.78 Å². The number of ketones is 1. The molecule has 1 aliphatic rings. The number of fused-ring (bicyclic) bond motifs is 1. The summed E-state index contributed by atoms with van der Waals surface area (Å²) in [5, 5.41) is 0. The Morgan fingerprint density at radius 3 is 2.79 bits per heavy atom. The first-order chi connectivity index (χ1) is 6.68. The third-order valence-electron chi connectivity index (χ3n) is 2.89. The minimum absolute atomic E-state index is 0.325. The highest BCUT2D eigenvalue weighted by atomic mass is 16.1. The molecule has 2 rings (SSSR count). The molecule has 0 spiro atoms. The van der Waals surface area contributed by atoms with E-state index in [1.807, 2.05) is 18.2 Å². The van der Waals surface area contributed by atoms with Crippen LogP contribution in [0.5, 0.6) is 0 Å². The molecule has 1 aromatic rings.